The number of benzene rings is 4. The smallest absolute Gasteiger partial charge is 0.460 e. The third-order valence-electron chi connectivity index (χ3n) is 7.40. The van der Waals surface area contributed by atoms with Gasteiger partial charge in [0.1, 0.15) is 5.75 Å². The summed E-state index contributed by atoms with van der Waals surface area (Å²) in [7, 11) is -11.9. The summed E-state index contributed by atoms with van der Waals surface area (Å²) in [4.78, 5) is -2.38. The highest BCUT2D eigenvalue weighted by Gasteiger charge is 2.74. The number of hydrogen-bond acceptors (Lipinski definition) is 7. The van der Waals surface area contributed by atoms with Gasteiger partial charge in [0.15, 0.2) is 29.0 Å². The van der Waals surface area contributed by atoms with Gasteiger partial charge < -0.3 is 9.47 Å². The van der Waals surface area contributed by atoms with Crippen LogP contribution >= 0.6 is 0 Å². The van der Waals surface area contributed by atoms with Crippen LogP contribution in [0.25, 0.3) is 11.1 Å². The molecule has 56 heavy (non-hydrogen) atoms. The molecule has 0 amide bonds. The molecule has 0 saturated carbocycles. The molecule has 0 atom stereocenters. The number of ether oxygens (including phenoxy) is 3. The number of sulfone groups is 1. The van der Waals surface area contributed by atoms with Gasteiger partial charge in [0.2, 0.25) is 38.9 Å². The normalized spacial score (nSPS) is 13.3. The standard InChI is InChI=1S/C30H14F16O8S2/c1-10-3-6-13(9-14(10)27(39,40)28(41,42)54-29(43,44)30(45,46)56(49,50)51)55(47,48)12-7-4-11(5-8-12)53-26-23(37)19(33)16(20(34)24(26)38)15-17(31)21(35)25(52-2)22(36)18(15)32/h3-9H,1-2H3,(H,49,50,51). The first-order chi connectivity index (χ1) is 25.4. The summed E-state index contributed by atoms with van der Waals surface area (Å²) in [6, 6.07) is 2.39. The molecule has 0 radical (unpaired) electrons. The van der Waals surface area contributed by atoms with Crippen molar-refractivity contribution in [2.45, 2.75) is 40.1 Å². The Hall–Kier alpha value is -4.82. The van der Waals surface area contributed by atoms with Crippen LogP contribution in [0, 0.1) is 53.5 Å². The second-order valence-corrected chi connectivity index (χ2v) is 14.3. The minimum Gasteiger partial charge on any atom is -0.491 e. The lowest BCUT2D eigenvalue weighted by atomic mass is 10.0. The molecule has 306 valence electrons. The average molecular weight is 871 g/mol. The van der Waals surface area contributed by atoms with Crippen LogP contribution in [0.3, 0.4) is 0 Å². The Balaban J connectivity index is 1.70. The van der Waals surface area contributed by atoms with E-state index in [0.717, 1.165) is 0 Å². The Morgan fingerprint density at radius 1 is 0.571 bits per heavy atom. The van der Waals surface area contributed by atoms with Gasteiger partial charge in [0.05, 0.1) is 28.0 Å². The van der Waals surface area contributed by atoms with Crippen molar-refractivity contribution >= 4 is 20.0 Å². The Bertz CT molecular complexity index is 2400. The molecule has 0 aliphatic rings. The molecule has 0 bridgehead atoms. The second-order valence-electron chi connectivity index (χ2n) is 10.9. The molecule has 0 aromatic heterocycles. The van der Waals surface area contributed by atoms with E-state index < -0.39 is 139 Å². The van der Waals surface area contributed by atoms with Crippen molar-refractivity contribution in [1.82, 2.24) is 0 Å². The largest absolute Gasteiger partial charge is 0.491 e. The van der Waals surface area contributed by atoms with Crippen molar-refractivity contribution in [3.63, 3.8) is 0 Å². The predicted octanol–water partition coefficient (Wildman–Crippen LogP) is 9.18. The number of alkyl halides is 8. The fourth-order valence-corrected chi connectivity index (χ4v) is 6.20. The predicted molar refractivity (Wildman–Crippen MR) is 153 cm³/mol. The van der Waals surface area contributed by atoms with Crippen LogP contribution in [0.2, 0.25) is 0 Å². The van der Waals surface area contributed by atoms with Crippen LogP contribution in [0.5, 0.6) is 17.2 Å². The van der Waals surface area contributed by atoms with Gasteiger partial charge in [-0.25, -0.2) is 30.7 Å². The van der Waals surface area contributed by atoms with E-state index in [1.165, 1.54) is 0 Å². The van der Waals surface area contributed by atoms with E-state index in [4.69, 9.17) is 4.55 Å². The first-order valence-electron chi connectivity index (χ1n) is 14.0. The van der Waals surface area contributed by atoms with Gasteiger partial charge in [-0.1, -0.05) is 6.07 Å². The molecular formula is C30H14F16O8S2. The van der Waals surface area contributed by atoms with Crippen LogP contribution in [0.15, 0.2) is 52.3 Å². The van der Waals surface area contributed by atoms with Crippen molar-refractivity contribution in [3.8, 4) is 28.4 Å². The van der Waals surface area contributed by atoms with Crippen molar-refractivity contribution < 1.29 is 106 Å². The molecule has 0 spiro atoms. The number of hydrogen-bond donors (Lipinski definition) is 1. The molecule has 0 saturated heterocycles. The lowest BCUT2D eigenvalue weighted by Gasteiger charge is -2.32. The zero-order chi connectivity index (χ0) is 42.9. The first kappa shape index (κ1) is 43.9. The summed E-state index contributed by atoms with van der Waals surface area (Å²) in [6.07, 6.45) is -13.8. The van der Waals surface area contributed by atoms with Gasteiger partial charge in [-0.3, -0.25) is 4.55 Å². The third-order valence-corrected chi connectivity index (χ3v) is 10.0. The molecule has 8 nitrogen and oxygen atoms in total. The SMILES string of the molecule is COc1c(F)c(F)c(-c2c(F)c(F)c(Oc3ccc(S(=O)(=O)c4ccc(C)c(C(F)(F)C(F)(F)OC(F)(F)C(F)(F)S(=O)(=O)O)c4)cc3)c(F)c2F)c(F)c1F. The van der Waals surface area contributed by atoms with Crippen molar-refractivity contribution in [3.05, 3.63) is 100 Å². The van der Waals surface area contributed by atoms with Gasteiger partial charge in [-0.05, 0) is 48.9 Å². The molecule has 26 heteroatoms. The van der Waals surface area contributed by atoms with E-state index in [9.17, 15) is 87.1 Å². The lowest BCUT2D eigenvalue weighted by molar-refractivity contribution is -0.459. The summed E-state index contributed by atoms with van der Waals surface area (Å²) in [5.74, 6) is -31.1. The number of halogens is 16. The van der Waals surface area contributed by atoms with Crippen LogP contribution in [0.4, 0.5) is 70.2 Å². The summed E-state index contributed by atoms with van der Waals surface area (Å²) in [5.41, 5.74) is -7.73. The third kappa shape index (κ3) is 7.06. The van der Waals surface area contributed by atoms with Crippen LogP contribution < -0.4 is 9.47 Å². The fourth-order valence-electron chi connectivity index (χ4n) is 4.57. The number of aryl methyl sites for hydroxylation is 1. The molecule has 4 rings (SSSR count). The van der Waals surface area contributed by atoms with Gasteiger partial charge in [0, 0.05) is 5.56 Å². The maximum Gasteiger partial charge on any atom is 0.460 e. The molecule has 4 aromatic carbocycles. The summed E-state index contributed by atoms with van der Waals surface area (Å²) in [6.45, 7) is 0.573. The maximum atomic E-state index is 14.9. The molecule has 0 aliphatic heterocycles. The van der Waals surface area contributed by atoms with E-state index in [2.05, 4.69) is 14.2 Å². The van der Waals surface area contributed by atoms with E-state index in [-0.39, 0.29) is 6.07 Å². The highest BCUT2D eigenvalue weighted by molar-refractivity contribution is 7.91. The van der Waals surface area contributed by atoms with Crippen LogP contribution in [-0.4, -0.2) is 46.0 Å². The highest BCUT2D eigenvalue weighted by Crippen LogP contribution is 2.51. The van der Waals surface area contributed by atoms with Gasteiger partial charge in [-0.2, -0.15) is 61.1 Å². The Morgan fingerprint density at radius 2 is 0.982 bits per heavy atom. The van der Waals surface area contributed by atoms with Crippen molar-refractivity contribution in [2.75, 3.05) is 7.11 Å². The summed E-state index contributed by atoms with van der Waals surface area (Å²) in [5, 5.41) is -6.91. The first-order valence-corrected chi connectivity index (χ1v) is 16.9. The second kappa shape index (κ2) is 14.3. The Kier molecular flexibility index (Phi) is 11.2. The zero-order valence-electron chi connectivity index (χ0n) is 26.7. The van der Waals surface area contributed by atoms with E-state index in [0.29, 0.717) is 50.4 Å². The topological polar surface area (TPSA) is 116 Å². The molecular weight excluding hydrogens is 856 g/mol. The summed E-state index contributed by atoms with van der Waals surface area (Å²) >= 11 is 0. The van der Waals surface area contributed by atoms with Crippen molar-refractivity contribution in [2.24, 2.45) is 0 Å². The lowest BCUT2D eigenvalue weighted by Crippen LogP contribution is -2.55. The number of methoxy groups -OCH3 is 1. The van der Waals surface area contributed by atoms with E-state index in [1.54, 1.807) is 0 Å². The average Bonchev–Trinajstić information content (AvgIpc) is 3.09. The van der Waals surface area contributed by atoms with E-state index >= 15 is 0 Å². The van der Waals surface area contributed by atoms with E-state index in [1.807, 2.05) is 0 Å². The molecule has 0 unspecified atom stereocenters. The zero-order valence-corrected chi connectivity index (χ0v) is 28.3. The fraction of sp³-hybridized carbons (Fsp3) is 0.200. The van der Waals surface area contributed by atoms with Gasteiger partial charge in [0.25, 0.3) is 0 Å². The quantitative estimate of drug-likeness (QED) is 0.0852. The monoisotopic (exact) mass is 870 g/mol. The molecule has 0 heterocycles. The van der Waals surface area contributed by atoms with Crippen molar-refractivity contribution in [1.29, 1.82) is 0 Å². The van der Waals surface area contributed by atoms with Crippen LogP contribution in [-0.2, 0) is 30.6 Å². The Labute approximate surface area is 301 Å². The molecule has 0 fully saturated rings. The minimum absolute atomic E-state index is 0.268. The Morgan fingerprint density at radius 3 is 1.39 bits per heavy atom. The molecule has 4 aromatic rings. The minimum atomic E-state index is -7.25. The van der Waals surface area contributed by atoms with Gasteiger partial charge >= 0.3 is 33.5 Å². The number of rotatable bonds is 12. The summed E-state index contributed by atoms with van der Waals surface area (Å²) < 4.78 is 297. The molecule has 0 aliphatic carbocycles. The van der Waals surface area contributed by atoms with Gasteiger partial charge in [-0.15, -0.1) is 0 Å². The highest BCUT2D eigenvalue weighted by atomic mass is 32.2. The van der Waals surface area contributed by atoms with Crippen LogP contribution in [0.1, 0.15) is 11.1 Å². The maximum absolute atomic E-state index is 14.9. The molecule has 1 N–H and O–H groups in total.